The van der Waals surface area contributed by atoms with Crippen molar-refractivity contribution < 1.29 is 22.5 Å². The fourth-order valence-corrected chi connectivity index (χ4v) is 3.09. The molecule has 2 aromatic rings. The van der Waals surface area contributed by atoms with Crippen LogP contribution in [-0.4, -0.2) is 12.8 Å². The molecule has 0 radical (unpaired) electrons. The van der Waals surface area contributed by atoms with Crippen LogP contribution in [0.3, 0.4) is 0 Å². The first-order valence-electron chi connectivity index (χ1n) is 7.45. The van der Waals surface area contributed by atoms with E-state index in [0.717, 1.165) is 0 Å². The Morgan fingerprint density at radius 3 is 1.87 bits per heavy atom. The molecule has 6 heteroatoms. The topological polar surface area (TPSA) is 44.8 Å². The molecule has 0 saturated carbocycles. The number of rotatable bonds is 9. The second-order valence-corrected chi connectivity index (χ2v) is 6.53. The van der Waals surface area contributed by atoms with Gasteiger partial charge in [0.2, 0.25) is 0 Å². The highest BCUT2D eigenvalue weighted by Crippen LogP contribution is 2.49. The van der Waals surface area contributed by atoms with Gasteiger partial charge in [0.25, 0.3) is 0 Å². The Kier molecular flexibility index (Phi) is 6.63. The van der Waals surface area contributed by atoms with Gasteiger partial charge in [0, 0.05) is 0 Å². The lowest BCUT2D eigenvalue weighted by Gasteiger charge is -2.19. The SMILES string of the molecule is CC(F)CCCOP(=O)(Oc1ccccc1)Oc1ccccc1. The standard InChI is InChI=1S/C17H20FO4P/c1-15(18)9-8-14-20-23(19,21-16-10-4-2-5-11-16)22-17-12-6-3-7-13-17/h2-7,10-13,15H,8-9,14H2,1H3. The van der Waals surface area contributed by atoms with E-state index < -0.39 is 14.0 Å². The van der Waals surface area contributed by atoms with Gasteiger partial charge in [0.05, 0.1) is 12.8 Å². The molecule has 0 aromatic heterocycles. The molecule has 0 saturated heterocycles. The van der Waals surface area contributed by atoms with Crippen LogP contribution in [0.4, 0.5) is 4.39 Å². The molecule has 0 fully saturated rings. The fraction of sp³-hybridized carbons (Fsp3) is 0.294. The molecule has 0 spiro atoms. The van der Waals surface area contributed by atoms with Crippen LogP contribution in [0.5, 0.6) is 11.5 Å². The average molecular weight is 338 g/mol. The monoisotopic (exact) mass is 338 g/mol. The minimum atomic E-state index is -3.85. The minimum Gasteiger partial charge on any atom is -0.395 e. The van der Waals surface area contributed by atoms with Crippen molar-refractivity contribution in [2.75, 3.05) is 6.61 Å². The highest BCUT2D eigenvalue weighted by Gasteiger charge is 2.30. The van der Waals surface area contributed by atoms with Crippen LogP contribution in [0.2, 0.25) is 0 Å². The maximum atomic E-state index is 12.8. The molecule has 0 N–H and O–H groups in total. The van der Waals surface area contributed by atoms with Crippen LogP contribution < -0.4 is 9.05 Å². The van der Waals surface area contributed by atoms with Gasteiger partial charge in [-0.05, 0) is 44.0 Å². The van der Waals surface area contributed by atoms with E-state index >= 15 is 0 Å². The van der Waals surface area contributed by atoms with Crippen molar-refractivity contribution in [1.82, 2.24) is 0 Å². The van der Waals surface area contributed by atoms with E-state index in [1.165, 1.54) is 6.92 Å². The zero-order valence-corrected chi connectivity index (χ0v) is 13.8. The third-order valence-corrected chi connectivity index (χ3v) is 4.28. The Hall–Kier alpha value is -1.84. The summed E-state index contributed by atoms with van der Waals surface area (Å²) < 4.78 is 41.9. The van der Waals surface area contributed by atoms with E-state index in [1.807, 2.05) is 12.1 Å². The average Bonchev–Trinajstić information content (AvgIpc) is 2.53. The second-order valence-electron chi connectivity index (χ2n) is 5.01. The molecule has 0 heterocycles. The first kappa shape index (κ1) is 17.5. The van der Waals surface area contributed by atoms with Crippen molar-refractivity contribution in [3.05, 3.63) is 60.7 Å². The number of benzene rings is 2. The molecule has 0 bridgehead atoms. The Labute approximate surface area is 135 Å². The Balaban J connectivity index is 2.05. The second kappa shape index (κ2) is 8.70. The molecule has 2 aromatic carbocycles. The normalized spacial score (nSPS) is 12.6. The summed E-state index contributed by atoms with van der Waals surface area (Å²) in [6, 6.07) is 17.3. The van der Waals surface area contributed by atoms with Gasteiger partial charge in [-0.3, -0.25) is 4.52 Å². The summed E-state index contributed by atoms with van der Waals surface area (Å²) in [5.41, 5.74) is 0. The molecule has 0 aliphatic rings. The number of phosphoric acid groups is 1. The summed E-state index contributed by atoms with van der Waals surface area (Å²) in [6.45, 7) is 1.56. The minimum absolute atomic E-state index is 0.0885. The van der Waals surface area contributed by atoms with Crippen molar-refractivity contribution in [3.63, 3.8) is 0 Å². The number of hydrogen-bond donors (Lipinski definition) is 0. The quantitative estimate of drug-likeness (QED) is 0.453. The molecular weight excluding hydrogens is 318 g/mol. The van der Waals surface area contributed by atoms with Gasteiger partial charge in [-0.15, -0.1) is 0 Å². The first-order chi connectivity index (χ1) is 11.1. The summed E-state index contributed by atoms with van der Waals surface area (Å²) in [7, 11) is -3.85. The van der Waals surface area contributed by atoms with Crippen LogP contribution in [-0.2, 0) is 9.09 Å². The summed E-state index contributed by atoms with van der Waals surface area (Å²) in [6.07, 6.45) is -0.169. The highest BCUT2D eigenvalue weighted by atomic mass is 31.2. The summed E-state index contributed by atoms with van der Waals surface area (Å²) in [5, 5.41) is 0. The molecule has 124 valence electrons. The van der Waals surface area contributed by atoms with Crippen molar-refractivity contribution in [1.29, 1.82) is 0 Å². The largest absolute Gasteiger partial charge is 0.587 e. The Bertz CT molecular complexity index is 574. The van der Waals surface area contributed by atoms with Gasteiger partial charge in [0.1, 0.15) is 11.5 Å². The molecule has 0 aliphatic carbocycles. The predicted octanol–water partition coefficient (Wildman–Crippen LogP) is 5.41. The lowest BCUT2D eigenvalue weighted by atomic mass is 10.2. The molecule has 0 aliphatic heterocycles. The van der Waals surface area contributed by atoms with E-state index in [2.05, 4.69) is 0 Å². The van der Waals surface area contributed by atoms with Crippen molar-refractivity contribution in [2.45, 2.75) is 25.9 Å². The van der Waals surface area contributed by atoms with E-state index in [1.54, 1.807) is 48.5 Å². The van der Waals surface area contributed by atoms with Crippen molar-refractivity contribution in [3.8, 4) is 11.5 Å². The number of alkyl halides is 1. The fourth-order valence-electron chi connectivity index (χ4n) is 1.83. The zero-order chi connectivity index (χ0) is 16.5. The van der Waals surface area contributed by atoms with Gasteiger partial charge >= 0.3 is 7.82 Å². The van der Waals surface area contributed by atoms with Crippen LogP contribution >= 0.6 is 7.82 Å². The van der Waals surface area contributed by atoms with Gasteiger partial charge in [-0.1, -0.05) is 36.4 Å². The van der Waals surface area contributed by atoms with E-state index in [0.29, 0.717) is 24.3 Å². The lowest BCUT2D eigenvalue weighted by molar-refractivity contribution is 0.197. The Morgan fingerprint density at radius 2 is 1.43 bits per heavy atom. The third kappa shape index (κ3) is 6.43. The Morgan fingerprint density at radius 1 is 0.957 bits per heavy atom. The van der Waals surface area contributed by atoms with Crippen molar-refractivity contribution in [2.24, 2.45) is 0 Å². The molecule has 23 heavy (non-hydrogen) atoms. The highest BCUT2D eigenvalue weighted by molar-refractivity contribution is 7.49. The third-order valence-electron chi connectivity index (χ3n) is 2.92. The van der Waals surface area contributed by atoms with E-state index in [9.17, 15) is 8.96 Å². The smallest absolute Gasteiger partial charge is 0.395 e. The molecule has 2 rings (SSSR count). The summed E-state index contributed by atoms with van der Waals surface area (Å²) in [4.78, 5) is 0. The first-order valence-corrected chi connectivity index (χ1v) is 8.91. The molecule has 4 nitrogen and oxygen atoms in total. The van der Waals surface area contributed by atoms with Gasteiger partial charge < -0.3 is 9.05 Å². The van der Waals surface area contributed by atoms with Crippen LogP contribution in [0, 0.1) is 0 Å². The van der Waals surface area contributed by atoms with E-state index in [-0.39, 0.29) is 6.61 Å². The maximum Gasteiger partial charge on any atom is 0.587 e. The van der Waals surface area contributed by atoms with Crippen LogP contribution in [0.1, 0.15) is 19.8 Å². The summed E-state index contributed by atoms with van der Waals surface area (Å²) in [5.74, 6) is 0.760. The van der Waals surface area contributed by atoms with Crippen LogP contribution in [0.15, 0.2) is 60.7 Å². The lowest BCUT2D eigenvalue weighted by Crippen LogP contribution is -2.07. The van der Waals surface area contributed by atoms with Crippen molar-refractivity contribution >= 4 is 7.82 Å². The molecule has 1 atom stereocenters. The number of phosphoric ester groups is 1. The number of hydrogen-bond acceptors (Lipinski definition) is 4. The van der Waals surface area contributed by atoms with Gasteiger partial charge in [-0.25, -0.2) is 8.96 Å². The van der Waals surface area contributed by atoms with E-state index in [4.69, 9.17) is 13.6 Å². The number of halogens is 1. The number of para-hydroxylation sites is 2. The zero-order valence-electron chi connectivity index (χ0n) is 12.9. The molecular formula is C17H20FO4P. The molecule has 0 amide bonds. The predicted molar refractivity (Wildman–Crippen MR) is 87.5 cm³/mol. The maximum absolute atomic E-state index is 12.8. The summed E-state index contributed by atoms with van der Waals surface area (Å²) >= 11 is 0. The van der Waals surface area contributed by atoms with Gasteiger partial charge in [0.15, 0.2) is 0 Å². The molecule has 1 unspecified atom stereocenters. The van der Waals surface area contributed by atoms with Crippen LogP contribution in [0.25, 0.3) is 0 Å². The van der Waals surface area contributed by atoms with Gasteiger partial charge in [-0.2, -0.15) is 0 Å².